The van der Waals surface area contributed by atoms with Crippen LogP contribution in [0, 0.1) is 0 Å². The molecule has 6 N–H and O–H groups in total. The fourth-order valence-electron chi connectivity index (χ4n) is 2.98. The first-order chi connectivity index (χ1) is 11.5. The summed E-state index contributed by atoms with van der Waals surface area (Å²) >= 11 is 0. The molecule has 0 bridgehead atoms. The molecule has 0 saturated carbocycles. The van der Waals surface area contributed by atoms with Crippen LogP contribution in [0.3, 0.4) is 0 Å². The monoisotopic (exact) mass is 351 g/mol. The zero-order valence-electron chi connectivity index (χ0n) is 12.5. The molecule has 0 radical (unpaired) electrons. The molecule has 11 nitrogen and oxygen atoms in total. The Balaban J connectivity index is 1.76. The summed E-state index contributed by atoms with van der Waals surface area (Å²) < 4.78 is 21.3. The molecule has 10 atom stereocenters. The van der Waals surface area contributed by atoms with Gasteiger partial charge in [-0.2, -0.15) is 0 Å². The van der Waals surface area contributed by atoms with Gasteiger partial charge in [-0.1, -0.05) is 0 Å². The lowest BCUT2D eigenvalue weighted by molar-refractivity contribution is -0.336. The van der Waals surface area contributed by atoms with E-state index in [1.807, 2.05) is 0 Å². The van der Waals surface area contributed by atoms with E-state index < -0.39 is 74.6 Å². The minimum absolute atomic E-state index is 0.498. The van der Waals surface area contributed by atoms with Gasteiger partial charge in [0.15, 0.2) is 12.7 Å². The molecule has 2 fully saturated rings. The van der Waals surface area contributed by atoms with Gasteiger partial charge in [-0.25, -0.2) is 4.99 Å². The lowest BCUT2D eigenvalue weighted by Gasteiger charge is -2.44. The van der Waals surface area contributed by atoms with Crippen molar-refractivity contribution in [1.29, 1.82) is 0 Å². The Bertz CT molecular complexity index is 462. The van der Waals surface area contributed by atoms with Gasteiger partial charge in [-0.05, 0) is 0 Å². The number of rotatable bonds is 4. The number of hydrogen-bond acceptors (Lipinski definition) is 11. The predicted octanol–water partition coefficient (Wildman–Crippen LogP) is -4.32. The molecule has 3 aliphatic rings. The summed E-state index contributed by atoms with van der Waals surface area (Å²) in [6.07, 6.45) is -10.4. The average Bonchev–Trinajstić information content (AvgIpc) is 3.05. The van der Waals surface area contributed by atoms with Crippen LogP contribution in [0.1, 0.15) is 0 Å². The van der Waals surface area contributed by atoms with Crippen LogP contribution in [0.2, 0.25) is 0 Å². The maximum atomic E-state index is 10.3. The zero-order valence-corrected chi connectivity index (χ0v) is 12.5. The first-order valence-corrected chi connectivity index (χ1v) is 7.55. The molecule has 0 aromatic carbocycles. The molecule has 3 aliphatic heterocycles. The van der Waals surface area contributed by atoms with Crippen LogP contribution in [-0.2, 0) is 18.9 Å². The summed E-state index contributed by atoms with van der Waals surface area (Å²) in [5.74, 6) is 0. The van der Waals surface area contributed by atoms with E-state index in [-0.39, 0.29) is 0 Å². The third kappa shape index (κ3) is 3.03. The largest absolute Gasteiger partial charge is 0.452 e. The number of aliphatic imine (C=N–C) groups is 1. The summed E-state index contributed by atoms with van der Waals surface area (Å²) in [7, 11) is 0. The third-order valence-corrected chi connectivity index (χ3v) is 4.39. The van der Waals surface area contributed by atoms with E-state index in [2.05, 4.69) is 4.99 Å². The van der Waals surface area contributed by atoms with Gasteiger partial charge in [0.2, 0.25) is 6.29 Å². The van der Waals surface area contributed by atoms with Crippen molar-refractivity contribution in [3.63, 3.8) is 0 Å². The van der Waals surface area contributed by atoms with Gasteiger partial charge in [0.05, 0.1) is 13.2 Å². The van der Waals surface area contributed by atoms with E-state index in [0.717, 1.165) is 6.40 Å². The number of nitrogens with zero attached hydrogens (tertiary/aromatic N) is 1. The van der Waals surface area contributed by atoms with Crippen molar-refractivity contribution in [1.82, 2.24) is 0 Å². The molecule has 0 aromatic rings. The van der Waals surface area contributed by atoms with Crippen LogP contribution in [0.5, 0.6) is 0 Å². The number of hydrogen-bond donors (Lipinski definition) is 6. The second kappa shape index (κ2) is 7.15. The standard InChI is InChI=1S/C13H21NO10/c15-1-4-7(17)9(19)10(20)13(23-4)24-11-6-12(21-3-14-6)22-5(2-16)8(11)18/h3-13,15-20H,1-2H2/t4-,5-,6-,7+,8-,9+,10-,11-,12+,13+/m1/s1. The van der Waals surface area contributed by atoms with E-state index >= 15 is 0 Å². The van der Waals surface area contributed by atoms with Crippen molar-refractivity contribution in [3.05, 3.63) is 0 Å². The molecule has 0 aromatic heterocycles. The van der Waals surface area contributed by atoms with E-state index in [1.54, 1.807) is 0 Å². The minimum Gasteiger partial charge on any atom is -0.452 e. The first kappa shape index (κ1) is 17.9. The van der Waals surface area contributed by atoms with Crippen molar-refractivity contribution in [3.8, 4) is 0 Å². The van der Waals surface area contributed by atoms with Crippen LogP contribution < -0.4 is 0 Å². The second-order valence-corrected chi connectivity index (χ2v) is 5.90. The van der Waals surface area contributed by atoms with Crippen LogP contribution in [0.15, 0.2) is 4.99 Å². The number of aliphatic hydroxyl groups is 6. The Morgan fingerprint density at radius 1 is 0.875 bits per heavy atom. The summed E-state index contributed by atoms with van der Waals surface area (Å²) in [6, 6.07) is -0.768. The van der Waals surface area contributed by atoms with Gasteiger partial charge >= 0.3 is 0 Å². The fraction of sp³-hybridized carbons (Fsp3) is 0.923. The Morgan fingerprint density at radius 2 is 1.54 bits per heavy atom. The number of fused-ring (bicyclic) bond motifs is 1. The summed E-state index contributed by atoms with van der Waals surface area (Å²) in [5.41, 5.74) is 0. The van der Waals surface area contributed by atoms with Crippen LogP contribution >= 0.6 is 0 Å². The second-order valence-electron chi connectivity index (χ2n) is 5.90. The van der Waals surface area contributed by atoms with Gasteiger partial charge in [-0.15, -0.1) is 0 Å². The fourth-order valence-corrected chi connectivity index (χ4v) is 2.98. The molecule has 3 heterocycles. The molecule has 0 unspecified atom stereocenters. The van der Waals surface area contributed by atoms with Crippen LogP contribution in [0.25, 0.3) is 0 Å². The molecule has 0 spiro atoms. The van der Waals surface area contributed by atoms with Crippen molar-refractivity contribution in [2.45, 2.75) is 61.3 Å². The molecule has 2 saturated heterocycles. The lowest BCUT2D eigenvalue weighted by atomic mass is 9.96. The van der Waals surface area contributed by atoms with E-state index in [1.165, 1.54) is 0 Å². The van der Waals surface area contributed by atoms with Crippen molar-refractivity contribution >= 4 is 6.40 Å². The molecular weight excluding hydrogens is 330 g/mol. The van der Waals surface area contributed by atoms with E-state index in [9.17, 15) is 30.6 Å². The number of ether oxygens (including phenoxy) is 4. The first-order valence-electron chi connectivity index (χ1n) is 7.55. The van der Waals surface area contributed by atoms with Gasteiger partial charge < -0.3 is 49.6 Å². The molecule has 138 valence electrons. The predicted molar refractivity (Wildman–Crippen MR) is 73.8 cm³/mol. The maximum Gasteiger partial charge on any atom is 0.226 e. The van der Waals surface area contributed by atoms with Gasteiger partial charge in [0.1, 0.15) is 48.8 Å². The Morgan fingerprint density at radius 3 is 2.21 bits per heavy atom. The van der Waals surface area contributed by atoms with Crippen molar-refractivity contribution in [2.75, 3.05) is 13.2 Å². The quantitative estimate of drug-likeness (QED) is 0.291. The molecule has 0 aliphatic carbocycles. The molecule has 24 heavy (non-hydrogen) atoms. The number of aliphatic hydroxyl groups excluding tert-OH is 6. The Kier molecular flexibility index (Phi) is 5.34. The maximum absolute atomic E-state index is 10.3. The van der Waals surface area contributed by atoms with Gasteiger partial charge in [-0.3, -0.25) is 0 Å². The zero-order chi connectivity index (χ0) is 17.4. The average molecular weight is 351 g/mol. The smallest absolute Gasteiger partial charge is 0.226 e. The lowest BCUT2D eigenvalue weighted by Crippen LogP contribution is -2.63. The molecule has 11 heteroatoms. The van der Waals surface area contributed by atoms with Crippen molar-refractivity contribution in [2.24, 2.45) is 4.99 Å². The van der Waals surface area contributed by atoms with E-state index in [0.29, 0.717) is 0 Å². The molecule has 3 rings (SSSR count). The minimum atomic E-state index is -1.62. The highest BCUT2D eigenvalue weighted by Gasteiger charge is 2.52. The van der Waals surface area contributed by atoms with Crippen LogP contribution in [0.4, 0.5) is 0 Å². The van der Waals surface area contributed by atoms with Gasteiger partial charge in [0.25, 0.3) is 0 Å². The van der Waals surface area contributed by atoms with Gasteiger partial charge in [0, 0.05) is 0 Å². The van der Waals surface area contributed by atoms with Crippen molar-refractivity contribution < 1.29 is 49.6 Å². The van der Waals surface area contributed by atoms with E-state index in [4.69, 9.17) is 18.9 Å². The topological polar surface area (TPSA) is 171 Å². The highest BCUT2D eigenvalue weighted by Crippen LogP contribution is 2.32. The summed E-state index contributed by atoms with van der Waals surface area (Å²) in [6.45, 7) is -1.10. The highest BCUT2D eigenvalue weighted by molar-refractivity contribution is 5.50. The Hall–Kier alpha value is -0.890. The SMILES string of the molecule is OC[C@H]1O[C@@H](O[C@H]2[C@H](O)[C@@H](CO)O[C@@H]3OC=N[C@@H]32)[C@H](O)[C@@H](O)[C@H]1O. The molecule has 0 amide bonds. The Labute approximate surface area is 136 Å². The summed E-state index contributed by atoms with van der Waals surface area (Å²) in [5, 5.41) is 58.4. The highest BCUT2D eigenvalue weighted by atomic mass is 16.7. The third-order valence-electron chi connectivity index (χ3n) is 4.39. The molecular formula is C13H21NO10. The normalized spacial score (nSPS) is 51.2. The van der Waals surface area contributed by atoms with Crippen LogP contribution in [-0.4, -0.2) is 112 Å². The summed E-state index contributed by atoms with van der Waals surface area (Å²) in [4.78, 5) is 3.98.